The monoisotopic (exact) mass is 1270 g/mol. The second kappa shape index (κ2) is 22.2. The predicted octanol–water partition coefficient (Wildman–Crippen LogP) is 14.2. The van der Waals surface area contributed by atoms with E-state index in [1.807, 2.05) is 0 Å². The van der Waals surface area contributed by atoms with Gasteiger partial charge in [0.2, 0.25) is 0 Å². The third kappa shape index (κ3) is 11.0. The Morgan fingerprint density at radius 3 is 0.658 bits per heavy atom. The Morgan fingerprint density at radius 2 is 0.487 bits per heavy atom. The Morgan fingerprint density at radius 1 is 0.303 bits per heavy atom. The molecule has 0 radical (unpaired) electrons. The minimum atomic E-state index is -5.02. The first-order valence-corrected chi connectivity index (χ1v) is 28.4. The molecule has 2 aliphatic heterocycles. The highest BCUT2D eigenvalue weighted by atomic mass is 35.5. The van der Waals surface area contributed by atoms with Crippen LogP contribution in [0.4, 0.5) is 0 Å². The van der Waals surface area contributed by atoms with E-state index in [-0.39, 0.29) is 134 Å². The first-order chi connectivity index (χ1) is 33.6. The van der Waals surface area contributed by atoms with Gasteiger partial charge in [0.15, 0.2) is 0 Å². The van der Waals surface area contributed by atoms with Crippen molar-refractivity contribution in [3.63, 3.8) is 0 Å². The fourth-order valence-corrected chi connectivity index (χ4v) is 13.8. The van der Waals surface area contributed by atoms with Gasteiger partial charge in [-0.1, -0.05) is 92.8 Å². The third-order valence-corrected chi connectivity index (χ3v) is 18.0. The standard InChI is InChI=1S/C44H22Cl8N4O12S4.4H3N/c45-17-1-13-29(69(57,58)59)41(49)33(17)37-21-5-7-23(53-21)38(34-18(46)2-14-30(42(34)50)70(60,61)62)25-9-11-27(55-25)40(36-20(48)4-16-32(44(36)52)72(66,67)68)28-12-10-26(56-28)39(24-8-6-22(37)54-24)35-19(47)3-15-31(43(35)51)71(63,64)65;;;;/h1-16,53,56H,(H,57,58,59)(H,60,61,62)(H,63,64,65)(H,66,67,68);4*1H3. The zero-order valence-electron chi connectivity index (χ0n) is 37.7. The lowest BCUT2D eigenvalue weighted by Crippen LogP contribution is -2.01. The molecular weight excluding hydrogens is 1240 g/mol. The molecule has 3 aromatic heterocycles. The van der Waals surface area contributed by atoms with Crippen LogP contribution in [0, 0.1) is 0 Å². The maximum atomic E-state index is 12.7. The van der Waals surface area contributed by atoms with Crippen molar-refractivity contribution in [2.75, 3.05) is 0 Å². The number of aromatic nitrogens is 4. The number of aromatic amines is 2. The number of hydrogen-bond donors (Lipinski definition) is 10. The Labute approximate surface area is 472 Å². The lowest BCUT2D eigenvalue weighted by Gasteiger charge is -2.13. The maximum Gasteiger partial charge on any atom is 0.296 e. The zero-order valence-corrected chi connectivity index (χ0v) is 47.0. The number of halogens is 8. The summed E-state index contributed by atoms with van der Waals surface area (Å²) in [4.78, 5) is 13.1. The number of fused-ring (bicyclic) bond motifs is 8. The van der Waals surface area contributed by atoms with Gasteiger partial charge in [-0.15, -0.1) is 0 Å². The van der Waals surface area contributed by atoms with Crippen molar-refractivity contribution >= 4 is 180 Å². The van der Waals surface area contributed by atoms with Crippen LogP contribution in [-0.2, 0) is 40.5 Å². The number of rotatable bonds is 8. The van der Waals surface area contributed by atoms with Crippen LogP contribution in [0.3, 0.4) is 0 Å². The molecule has 2 aliphatic rings. The van der Waals surface area contributed by atoms with Gasteiger partial charge in [-0.05, 0) is 97.1 Å². The summed E-state index contributed by atoms with van der Waals surface area (Å²) in [7, 11) is -20.1. The summed E-state index contributed by atoms with van der Waals surface area (Å²) >= 11 is 54.7. The molecule has 402 valence electrons. The average Bonchev–Trinajstić information content (AvgIpc) is 4.11. The van der Waals surface area contributed by atoms with E-state index in [0.717, 1.165) is 48.5 Å². The molecule has 0 atom stereocenters. The van der Waals surface area contributed by atoms with Gasteiger partial charge >= 0.3 is 0 Å². The molecule has 8 bridgehead atoms. The van der Waals surface area contributed by atoms with Crippen LogP contribution in [0.25, 0.3) is 90.9 Å². The number of nitrogens with one attached hydrogen (secondary N) is 2. The molecule has 9 rings (SSSR count). The van der Waals surface area contributed by atoms with Crippen LogP contribution < -0.4 is 24.6 Å². The highest BCUT2D eigenvalue weighted by molar-refractivity contribution is 7.86. The molecule has 0 spiro atoms. The summed E-state index contributed by atoms with van der Waals surface area (Å²) in [5.74, 6) is 0. The topological polar surface area (TPSA) is 415 Å². The van der Waals surface area contributed by atoms with Gasteiger partial charge in [0.05, 0.1) is 63.0 Å². The van der Waals surface area contributed by atoms with E-state index < -0.39 is 80.1 Å². The van der Waals surface area contributed by atoms with E-state index in [2.05, 4.69) is 9.97 Å². The first kappa shape index (κ1) is 62.1. The van der Waals surface area contributed by atoms with E-state index in [4.69, 9.17) is 103 Å². The Balaban J connectivity index is 0.00000267. The lowest BCUT2D eigenvalue weighted by molar-refractivity contribution is 0.481. The summed E-state index contributed by atoms with van der Waals surface area (Å²) in [6, 6.07) is 14.2. The smallest absolute Gasteiger partial charge is 0.296 e. The fraction of sp³-hybridized carbons (Fsp3) is 0. The minimum Gasteiger partial charge on any atom is -0.354 e. The molecule has 18 N–H and O–H groups in total. The summed E-state index contributed by atoms with van der Waals surface area (Å²) < 4.78 is 143. The minimum absolute atomic E-state index is 0. The van der Waals surface area contributed by atoms with Gasteiger partial charge in [0, 0.05) is 66.6 Å². The van der Waals surface area contributed by atoms with Crippen LogP contribution in [-0.4, -0.2) is 71.8 Å². The lowest BCUT2D eigenvalue weighted by atomic mass is 10.0. The number of nitrogens with zero attached hydrogens (tertiary/aromatic N) is 2. The summed E-state index contributed by atoms with van der Waals surface area (Å²) in [6.45, 7) is 0. The van der Waals surface area contributed by atoms with Gasteiger partial charge in [-0.2, -0.15) is 33.7 Å². The van der Waals surface area contributed by atoms with Gasteiger partial charge in [0.25, 0.3) is 40.5 Å². The van der Waals surface area contributed by atoms with Gasteiger partial charge in [-0.25, -0.2) is 9.97 Å². The molecule has 0 aliphatic carbocycles. The Hall–Kier alpha value is -4.72. The van der Waals surface area contributed by atoms with Crippen molar-refractivity contribution in [3.8, 4) is 44.5 Å². The van der Waals surface area contributed by atoms with Crippen LogP contribution >= 0.6 is 92.8 Å². The number of hydrogen-bond acceptors (Lipinski definition) is 14. The Bertz CT molecular complexity index is 3810. The quantitative estimate of drug-likeness (QED) is 0.0632. The van der Waals surface area contributed by atoms with Crippen molar-refractivity contribution in [3.05, 3.63) is 136 Å². The molecule has 4 aromatic carbocycles. The van der Waals surface area contributed by atoms with Crippen molar-refractivity contribution in [1.82, 2.24) is 44.5 Å². The normalized spacial score (nSPS) is 12.4. The zero-order chi connectivity index (χ0) is 52.3. The molecule has 0 saturated carbocycles. The summed E-state index contributed by atoms with van der Waals surface area (Å²) in [5.41, 5.74) is -1.03. The SMILES string of the molecule is N.N.N.N.O=S(=O)(O)c1ccc(Cl)c(-c2c3nc(c(-c4c(Cl)ccc(S(=O)(=O)O)c4Cl)c4ccc([nH]4)c(-c4c(Cl)ccc(S(=O)(=O)O)c4Cl)c4nc(c(-c5c(Cl)ccc(S(=O)(=O)O)c5Cl)c5ccc2[nH]5)C=C4)C=C3)c1Cl. The first-order valence-electron chi connectivity index (χ1n) is 19.6. The number of benzene rings is 4. The molecule has 0 unspecified atom stereocenters. The van der Waals surface area contributed by atoms with Crippen LogP contribution in [0.15, 0.2) is 92.4 Å². The van der Waals surface area contributed by atoms with Crippen molar-refractivity contribution in [2.45, 2.75) is 19.6 Å². The van der Waals surface area contributed by atoms with Gasteiger partial charge in [-0.3, -0.25) is 18.2 Å². The van der Waals surface area contributed by atoms with Crippen molar-refractivity contribution in [2.24, 2.45) is 0 Å². The molecule has 7 aromatic rings. The third-order valence-electron chi connectivity index (χ3n) is 11.1. The van der Waals surface area contributed by atoms with Crippen molar-refractivity contribution in [1.29, 1.82) is 0 Å². The molecule has 0 saturated heterocycles. The largest absolute Gasteiger partial charge is 0.354 e. The highest BCUT2D eigenvalue weighted by Gasteiger charge is 2.30. The van der Waals surface area contributed by atoms with E-state index in [1.54, 1.807) is 0 Å². The molecular formula is C44H34Cl8N8O12S4. The average molecular weight is 1280 g/mol. The van der Waals surface area contributed by atoms with E-state index in [0.29, 0.717) is 0 Å². The van der Waals surface area contributed by atoms with Gasteiger partial charge < -0.3 is 34.6 Å². The summed E-state index contributed by atoms with van der Waals surface area (Å²) in [5, 5.41) is -2.96. The van der Waals surface area contributed by atoms with Crippen LogP contribution in [0.1, 0.15) is 22.8 Å². The molecule has 76 heavy (non-hydrogen) atoms. The van der Waals surface area contributed by atoms with E-state index in [1.165, 1.54) is 48.6 Å². The van der Waals surface area contributed by atoms with Crippen LogP contribution in [0.5, 0.6) is 0 Å². The fourth-order valence-electron chi connectivity index (χ4n) is 8.10. The molecule has 0 amide bonds. The van der Waals surface area contributed by atoms with Gasteiger partial charge in [0.1, 0.15) is 19.6 Å². The Kier molecular flexibility index (Phi) is 18.1. The predicted molar refractivity (Wildman–Crippen MR) is 300 cm³/mol. The molecule has 5 heterocycles. The van der Waals surface area contributed by atoms with E-state index >= 15 is 0 Å². The maximum absolute atomic E-state index is 12.7. The second-order valence-corrected chi connectivity index (χ2v) is 24.0. The van der Waals surface area contributed by atoms with E-state index in [9.17, 15) is 51.9 Å². The second-order valence-electron chi connectivity index (χ2n) is 15.3. The van der Waals surface area contributed by atoms with Crippen molar-refractivity contribution < 1.29 is 51.9 Å². The molecule has 32 heteroatoms. The summed E-state index contributed by atoms with van der Waals surface area (Å²) in [6.07, 6.45) is 5.69. The van der Waals surface area contributed by atoms with Crippen LogP contribution in [0.2, 0.25) is 40.2 Å². The highest BCUT2D eigenvalue weighted by Crippen LogP contribution is 2.49. The number of H-pyrrole nitrogens is 2. The molecule has 20 nitrogen and oxygen atoms in total. The molecule has 0 fully saturated rings.